The quantitative estimate of drug-likeness (QED) is 0.561. The molecule has 2 N–H and O–H groups in total. The van der Waals surface area contributed by atoms with E-state index < -0.39 is 11.3 Å². The molecule has 1 amide bonds. The first-order valence-corrected chi connectivity index (χ1v) is 10.7. The van der Waals surface area contributed by atoms with Crippen LogP contribution in [-0.4, -0.2) is 41.0 Å². The fraction of sp³-hybridized carbons (Fsp3) is 0.300. The van der Waals surface area contributed by atoms with Gasteiger partial charge in [-0.05, 0) is 49.6 Å². The number of carbonyl (C=O) groups excluding carboxylic acids is 1. The van der Waals surface area contributed by atoms with Gasteiger partial charge in [0.05, 0.1) is 6.54 Å². The van der Waals surface area contributed by atoms with E-state index in [-0.39, 0.29) is 11.9 Å². The predicted molar refractivity (Wildman–Crippen MR) is 113 cm³/mol. The largest absolute Gasteiger partial charge is 0.310 e. The Morgan fingerprint density at radius 1 is 1.27 bits per heavy atom. The minimum Gasteiger partial charge on any atom is -0.310 e. The molecule has 1 unspecified atom stereocenters. The van der Waals surface area contributed by atoms with Crippen molar-refractivity contribution in [3.63, 3.8) is 0 Å². The summed E-state index contributed by atoms with van der Waals surface area (Å²) in [6.07, 6.45) is 2.22. The summed E-state index contributed by atoms with van der Waals surface area (Å²) in [5.41, 5.74) is 3.15. The zero-order valence-corrected chi connectivity index (χ0v) is 17.5. The van der Waals surface area contributed by atoms with Crippen molar-refractivity contribution in [3.8, 4) is 11.5 Å². The summed E-state index contributed by atoms with van der Waals surface area (Å²) in [6, 6.07) is 11.4. The van der Waals surface area contributed by atoms with Crippen LogP contribution in [0.2, 0.25) is 0 Å². The second kappa shape index (κ2) is 8.42. The van der Waals surface area contributed by atoms with Crippen molar-refractivity contribution < 1.29 is 13.6 Å². The van der Waals surface area contributed by atoms with Crippen LogP contribution in [0, 0.1) is 0 Å². The van der Waals surface area contributed by atoms with Crippen molar-refractivity contribution in [2.45, 2.75) is 32.9 Å². The second-order valence-electron chi connectivity index (χ2n) is 7.31. The van der Waals surface area contributed by atoms with Gasteiger partial charge in [-0.1, -0.05) is 18.2 Å². The molecule has 0 fully saturated rings. The van der Waals surface area contributed by atoms with E-state index in [0.717, 1.165) is 11.1 Å². The van der Waals surface area contributed by atoms with Crippen LogP contribution in [0.5, 0.6) is 0 Å². The molecule has 30 heavy (non-hydrogen) atoms. The Morgan fingerprint density at radius 2 is 2.10 bits per heavy atom. The van der Waals surface area contributed by atoms with E-state index >= 15 is 0 Å². The number of rotatable bonds is 7. The van der Waals surface area contributed by atoms with E-state index in [0.29, 0.717) is 42.4 Å². The highest BCUT2D eigenvalue weighted by Gasteiger charge is 2.30. The maximum absolute atomic E-state index is 13.1. The normalized spacial score (nSPS) is 14.4. The molecule has 0 bridgehead atoms. The highest BCUT2D eigenvalue weighted by atomic mass is 32.2. The molecule has 3 heterocycles. The van der Waals surface area contributed by atoms with Gasteiger partial charge in [-0.3, -0.25) is 14.2 Å². The third-order valence-corrected chi connectivity index (χ3v) is 5.44. The van der Waals surface area contributed by atoms with E-state index in [1.54, 1.807) is 11.2 Å². The van der Waals surface area contributed by atoms with Gasteiger partial charge in [-0.25, -0.2) is 13.9 Å². The highest BCUT2D eigenvalue weighted by Crippen LogP contribution is 2.29. The predicted octanol–water partition coefficient (Wildman–Crippen LogP) is 2.35. The lowest BCUT2D eigenvalue weighted by Gasteiger charge is -2.16. The Hall–Kier alpha value is -2.95. The number of hydrogen-bond acceptors (Lipinski definition) is 5. The monoisotopic (exact) mass is 426 g/mol. The summed E-state index contributed by atoms with van der Waals surface area (Å²) in [5.74, 6) is 1.11. The first kappa shape index (κ1) is 20.3. The Labute approximate surface area is 176 Å². The van der Waals surface area contributed by atoms with Gasteiger partial charge in [0.25, 0.3) is 5.91 Å². The number of amides is 1. The summed E-state index contributed by atoms with van der Waals surface area (Å²) in [5, 5.41) is 8.18. The minimum atomic E-state index is -2.04. The SMILES string of the molecule is CC(C)n1cnnc1-c1cccc(N2Cc3ccc(CCNS(=O)O)cc3C2=O)n1. The van der Waals surface area contributed by atoms with Gasteiger partial charge >= 0.3 is 0 Å². The van der Waals surface area contributed by atoms with Gasteiger partial charge in [0, 0.05) is 18.2 Å². The van der Waals surface area contributed by atoms with Crippen LogP contribution >= 0.6 is 0 Å². The van der Waals surface area contributed by atoms with Gasteiger partial charge in [-0.2, -0.15) is 0 Å². The van der Waals surface area contributed by atoms with Gasteiger partial charge < -0.3 is 4.57 Å². The van der Waals surface area contributed by atoms with Crippen LogP contribution in [0.4, 0.5) is 5.82 Å². The van der Waals surface area contributed by atoms with E-state index in [1.165, 1.54) is 0 Å². The van der Waals surface area contributed by atoms with Crippen molar-refractivity contribution in [2.75, 3.05) is 11.4 Å². The highest BCUT2D eigenvalue weighted by molar-refractivity contribution is 7.77. The molecule has 3 aromatic rings. The molecule has 4 rings (SSSR count). The third-order valence-electron chi connectivity index (χ3n) is 4.99. The van der Waals surface area contributed by atoms with Crippen LogP contribution in [-0.2, 0) is 24.2 Å². The number of nitrogens with zero attached hydrogens (tertiary/aromatic N) is 5. The first-order valence-electron chi connectivity index (χ1n) is 9.59. The molecule has 1 aromatic carbocycles. The molecule has 0 saturated heterocycles. The molecule has 1 aliphatic heterocycles. The van der Waals surface area contributed by atoms with Gasteiger partial charge in [0.1, 0.15) is 17.8 Å². The van der Waals surface area contributed by atoms with Crippen molar-refractivity contribution in [3.05, 3.63) is 59.4 Å². The van der Waals surface area contributed by atoms with Crippen LogP contribution in [0.25, 0.3) is 11.5 Å². The number of pyridine rings is 1. The lowest BCUT2D eigenvalue weighted by Crippen LogP contribution is -2.24. The molecule has 0 aliphatic carbocycles. The smallest absolute Gasteiger partial charge is 0.260 e. The van der Waals surface area contributed by atoms with Crippen molar-refractivity contribution in [1.82, 2.24) is 24.5 Å². The summed E-state index contributed by atoms with van der Waals surface area (Å²) >= 11 is -2.04. The Kier molecular flexibility index (Phi) is 5.71. The molecule has 156 valence electrons. The summed E-state index contributed by atoms with van der Waals surface area (Å²) < 4.78 is 23.9. The molecular weight excluding hydrogens is 404 g/mol. The average molecular weight is 427 g/mol. The molecule has 0 spiro atoms. The molecule has 0 radical (unpaired) electrons. The lowest BCUT2D eigenvalue weighted by atomic mass is 10.0. The second-order valence-corrected chi connectivity index (χ2v) is 8.10. The van der Waals surface area contributed by atoms with E-state index in [4.69, 9.17) is 4.55 Å². The number of aromatic nitrogens is 4. The first-order chi connectivity index (χ1) is 14.4. The van der Waals surface area contributed by atoms with Crippen LogP contribution in [0.3, 0.4) is 0 Å². The molecule has 2 aromatic heterocycles. The average Bonchev–Trinajstić information content (AvgIpc) is 3.33. The Morgan fingerprint density at radius 3 is 2.87 bits per heavy atom. The summed E-state index contributed by atoms with van der Waals surface area (Å²) in [7, 11) is 0. The van der Waals surface area contributed by atoms with Crippen LogP contribution in [0.15, 0.2) is 42.7 Å². The fourth-order valence-electron chi connectivity index (χ4n) is 3.47. The number of fused-ring (bicyclic) bond motifs is 1. The minimum absolute atomic E-state index is 0.111. The number of hydrogen-bond donors (Lipinski definition) is 2. The number of carbonyl (C=O) groups is 1. The standard InChI is InChI=1S/C20H22N6O3S/c1-13(2)26-12-21-24-19(26)17-4-3-5-18(23-17)25-11-15-7-6-14(8-9-22-30(28)29)10-16(15)20(25)27/h3-7,10,12-13,22H,8-9,11H2,1-2H3,(H,28,29). The maximum Gasteiger partial charge on any atom is 0.260 e. The molecule has 1 aliphatic rings. The van der Waals surface area contributed by atoms with Gasteiger partial charge in [0.2, 0.25) is 11.3 Å². The lowest BCUT2D eigenvalue weighted by molar-refractivity contribution is 0.0996. The van der Waals surface area contributed by atoms with Crippen molar-refractivity contribution >= 4 is 23.0 Å². The molecular formula is C20H22N6O3S. The van der Waals surface area contributed by atoms with Crippen molar-refractivity contribution in [1.29, 1.82) is 0 Å². The van der Waals surface area contributed by atoms with Gasteiger partial charge in [-0.15, -0.1) is 10.2 Å². The summed E-state index contributed by atoms with van der Waals surface area (Å²) in [6.45, 7) is 4.88. The zero-order chi connectivity index (χ0) is 21.3. The van der Waals surface area contributed by atoms with E-state index in [9.17, 15) is 9.00 Å². The van der Waals surface area contributed by atoms with E-state index in [1.807, 2.05) is 54.8 Å². The topological polar surface area (TPSA) is 113 Å². The zero-order valence-electron chi connectivity index (χ0n) is 16.6. The number of benzene rings is 1. The molecule has 9 nitrogen and oxygen atoms in total. The number of anilines is 1. The van der Waals surface area contributed by atoms with Crippen LogP contribution < -0.4 is 9.62 Å². The molecule has 0 saturated carbocycles. The summed E-state index contributed by atoms with van der Waals surface area (Å²) in [4.78, 5) is 19.4. The van der Waals surface area contributed by atoms with Crippen LogP contribution in [0.1, 0.15) is 41.4 Å². The fourth-order valence-corrected chi connectivity index (χ4v) is 3.75. The van der Waals surface area contributed by atoms with Gasteiger partial charge in [0.15, 0.2) is 5.82 Å². The third kappa shape index (κ3) is 4.02. The number of nitrogens with one attached hydrogen (secondary N) is 1. The maximum atomic E-state index is 13.1. The molecule has 10 heteroatoms. The molecule has 1 atom stereocenters. The Balaban J connectivity index is 1.57. The van der Waals surface area contributed by atoms with E-state index in [2.05, 4.69) is 19.9 Å². The van der Waals surface area contributed by atoms with Crippen molar-refractivity contribution in [2.24, 2.45) is 0 Å². The Bertz CT molecular complexity index is 1110.